The van der Waals surface area contributed by atoms with Crippen molar-refractivity contribution in [2.75, 3.05) is 24.4 Å². The van der Waals surface area contributed by atoms with E-state index in [1.54, 1.807) is 4.90 Å². The average Bonchev–Trinajstić information content (AvgIpc) is 2.67. The Morgan fingerprint density at radius 2 is 1.72 bits per heavy atom. The number of carbonyl (C=O) groups is 1. The summed E-state index contributed by atoms with van der Waals surface area (Å²) < 4.78 is 45.9. The van der Waals surface area contributed by atoms with Crippen LogP contribution in [0.15, 0.2) is 47.4 Å². The number of nitrogens with zero attached hydrogens (tertiary/aromatic N) is 2. The predicted octanol–water partition coefficient (Wildman–Crippen LogP) is 3.55. The number of amides is 1. The van der Waals surface area contributed by atoms with Crippen molar-refractivity contribution in [3.8, 4) is 0 Å². The molecule has 1 saturated heterocycles. The number of carbonyl (C=O) groups excluding carboxylic acids is 1. The second kappa shape index (κ2) is 8.30. The second-order valence-electron chi connectivity index (χ2n) is 7.06. The van der Waals surface area contributed by atoms with Gasteiger partial charge < -0.3 is 9.64 Å². The highest BCUT2D eigenvalue weighted by Crippen LogP contribution is 2.27. The molecule has 0 unspecified atom stereocenters. The number of halogens is 2. The molecule has 1 heterocycles. The average molecular weight is 441 g/mol. The lowest BCUT2D eigenvalue weighted by Gasteiger charge is -2.35. The van der Waals surface area contributed by atoms with Crippen LogP contribution in [0.4, 0.5) is 10.1 Å². The van der Waals surface area contributed by atoms with Crippen molar-refractivity contribution in [1.82, 2.24) is 4.90 Å². The van der Waals surface area contributed by atoms with Crippen molar-refractivity contribution in [1.29, 1.82) is 0 Å². The van der Waals surface area contributed by atoms with Crippen molar-refractivity contribution in [3.05, 3.63) is 58.9 Å². The summed E-state index contributed by atoms with van der Waals surface area (Å²) in [6.45, 7) is 4.53. The van der Waals surface area contributed by atoms with Gasteiger partial charge in [0.1, 0.15) is 5.82 Å². The molecule has 2 aromatic rings. The van der Waals surface area contributed by atoms with Crippen LogP contribution >= 0.6 is 11.6 Å². The highest BCUT2D eigenvalue weighted by atomic mass is 35.5. The lowest BCUT2D eigenvalue weighted by molar-refractivity contribution is -0.0586. The monoisotopic (exact) mass is 440 g/mol. The third-order valence-electron chi connectivity index (χ3n) is 4.72. The third kappa shape index (κ3) is 4.55. The van der Waals surface area contributed by atoms with Gasteiger partial charge in [0, 0.05) is 20.1 Å². The lowest BCUT2D eigenvalue weighted by atomic mass is 10.1. The number of morpholine rings is 1. The molecule has 156 valence electrons. The Morgan fingerprint density at radius 3 is 2.31 bits per heavy atom. The molecule has 0 aliphatic carbocycles. The number of ether oxygens (including phenoxy) is 1. The highest BCUT2D eigenvalue weighted by molar-refractivity contribution is 7.92. The minimum atomic E-state index is -3.97. The molecule has 1 amide bonds. The predicted molar refractivity (Wildman–Crippen MR) is 109 cm³/mol. The molecule has 0 spiro atoms. The molecule has 9 heteroatoms. The van der Waals surface area contributed by atoms with Crippen LogP contribution in [0.5, 0.6) is 0 Å². The fourth-order valence-corrected chi connectivity index (χ4v) is 4.71. The van der Waals surface area contributed by atoms with Crippen LogP contribution in [0, 0.1) is 5.82 Å². The zero-order valence-electron chi connectivity index (χ0n) is 16.3. The normalized spacial score (nSPS) is 19.8. The minimum Gasteiger partial charge on any atom is -0.372 e. The SMILES string of the molecule is C[C@H]1CN(C(=O)c2cc(S(=O)(=O)N(C)c3ccc(F)cc3)ccc2Cl)C[C@H](C)O1. The Kier molecular flexibility index (Phi) is 6.16. The molecule has 1 aliphatic rings. The molecule has 0 saturated carbocycles. The maximum absolute atomic E-state index is 13.2. The smallest absolute Gasteiger partial charge is 0.264 e. The van der Waals surface area contributed by atoms with Gasteiger partial charge in [-0.3, -0.25) is 9.10 Å². The van der Waals surface area contributed by atoms with Crippen LogP contribution in [-0.2, 0) is 14.8 Å². The van der Waals surface area contributed by atoms with Gasteiger partial charge in [-0.15, -0.1) is 0 Å². The molecule has 0 bridgehead atoms. The molecule has 0 radical (unpaired) electrons. The number of anilines is 1. The number of sulfonamides is 1. The quantitative estimate of drug-likeness (QED) is 0.729. The van der Waals surface area contributed by atoms with E-state index in [0.717, 1.165) is 4.31 Å². The van der Waals surface area contributed by atoms with Gasteiger partial charge in [0.25, 0.3) is 15.9 Å². The molecule has 1 aliphatic heterocycles. The summed E-state index contributed by atoms with van der Waals surface area (Å²) in [6.07, 6.45) is -0.254. The first kappa shape index (κ1) is 21.5. The van der Waals surface area contributed by atoms with Gasteiger partial charge >= 0.3 is 0 Å². The van der Waals surface area contributed by atoms with Crippen LogP contribution in [0.3, 0.4) is 0 Å². The van der Waals surface area contributed by atoms with E-state index in [4.69, 9.17) is 16.3 Å². The second-order valence-corrected chi connectivity index (χ2v) is 9.43. The molecule has 2 atom stereocenters. The zero-order chi connectivity index (χ0) is 21.3. The van der Waals surface area contributed by atoms with Crippen molar-refractivity contribution >= 4 is 33.2 Å². The van der Waals surface area contributed by atoms with E-state index in [2.05, 4.69) is 0 Å². The molecule has 6 nitrogen and oxygen atoms in total. The van der Waals surface area contributed by atoms with Crippen LogP contribution in [0.25, 0.3) is 0 Å². The lowest BCUT2D eigenvalue weighted by Crippen LogP contribution is -2.48. The first-order valence-electron chi connectivity index (χ1n) is 9.08. The first-order chi connectivity index (χ1) is 13.6. The Hall–Kier alpha value is -2.16. The van der Waals surface area contributed by atoms with E-state index in [-0.39, 0.29) is 33.6 Å². The molecule has 3 rings (SSSR count). The van der Waals surface area contributed by atoms with E-state index in [0.29, 0.717) is 18.8 Å². The fourth-order valence-electron chi connectivity index (χ4n) is 3.29. The van der Waals surface area contributed by atoms with E-state index < -0.39 is 15.8 Å². The summed E-state index contributed by atoms with van der Waals surface area (Å²) in [5, 5.41) is 0.171. The van der Waals surface area contributed by atoms with Crippen LogP contribution in [0.1, 0.15) is 24.2 Å². The van der Waals surface area contributed by atoms with Crippen molar-refractivity contribution < 1.29 is 22.3 Å². The molecular weight excluding hydrogens is 419 g/mol. The molecular formula is C20H22ClFN2O4S. The van der Waals surface area contributed by atoms with E-state index in [9.17, 15) is 17.6 Å². The highest BCUT2D eigenvalue weighted by Gasteiger charge is 2.29. The fraction of sp³-hybridized carbons (Fsp3) is 0.350. The van der Waals surface area contributed by atoms with Crippen molar-refractivity contribution in [2.45, 2.75) is 31.0 Å². The molecule has 29 heavy (non-hydrogen) atoms. The number of benzene rings is 2. The van der Waals surface area contributed by atoms with Gasteiger partial charge in [0.05, 0.1) is 33.4 Å². The summed E-state index contributed by atoms with van der Waals surface area (Å²) in [5.74, 6) is -0.814. The van der Waals surface area contributed by atoms with E-state index in [1.807, 2.05) is 13.8 Å². The summed E-state index contributed by atoms with van der Waals surface area (Å²) in [5.41, 5.74) is 0.409. The topological polar surface area (TPSA) is 66.9 Å². The summed E-state index contributed by atoms with van der Waals surface area (Å²) in [4.78, 5) is 14.5. The van der Waals surface area contributed by atoms with Gasteiger partial charge in [-0.1, -0.05) is 11.6 Å². The summed E-state index contributed by atoms with van der Waals surface area (Å²) in [6, 6.07) is 9.12. The molecule has 0 aromatic heterocycles. The Labute approximate surface area is 174 Å². The van der Waals surface area contributed by atoms with E-state index >= 15 is 0 Å². The summed E-state index contributed by atoms with van der Waals surface area (Å²) in [7, 11) is -2.61. The van der Waals surface area contributed by atoms with Gasteiger partial charge in [0.15, 0.2) is 0 Å². The van der Waals surface area contributed by atoms with E-state index in [1.165, 1.54) is 49.5 Å². The maximum Gasteiger partial charge on any atom is 0.264 e. The third-order valence-corrected chi connectivity index (χ3v) is 6.83. The van der Waals surface area contributed by atoms with Gasteiger partial charge in [0.2, 0.25) is 0 Å². The number of hydrogen-bond acceptors (Lipinski definition) is 4. The minimum absolute atomic E-state index is 0.0774. The Balaban J connectivity index is 1.93. The summed E-state index contributed by atoms with van der Waals surface area (Å²) >= 11 is 6.22. The first-order valence-corrected chi connectivity index (χ1v) is 10.9. The van der Waals surface area contributed by atoms with Gasteiger partial charge in [-0.25, -0.2) is 12.8 Å². The zero-order valence-corrected chi connectivity index (χ0v) is 17.9. The standard InChI is InChI=1S/C20H22ClFN2O4S/c1-13-11-24(12-14(2)28-13)20(25)18-10-17(8-9-19(18)21)29(26,27)23(3)16-6-4-15(22)5-7-16/h4-10,13-14H,11-12H2,1-3H3/t13-,14-/m0/s1. The molecule has 0 N–H and O–H groups in total. The van der Waals surface area contributed by atoms with Crippen molar-refractivity contribution in [3.63, 3.8) is 0 Å². The largest absolute Gasteiger partial charge is 0.372 e. The van der Waals surface area contributed by atoms with Gasteiger partial charge in [-0.05, 0) is 56.3 Å². The Bertz CT molecular complexity index is 1000. The van der Waals surface area contributed by atoms with Crippen LogP contribution in [0.2, 0.25) is 5.02 Å². The van der Waals surface area contributed by atoms with Crippen molar-refractivity contribution in [2.24, 2.45) is 0 Å². The number of hydrogen-bond donors (Lipinski definition) is 0. The molecule has 1 fully saturated rings. The van der Waals surface area contributed by atoms with Gasteiger partial charge in [-0.2, -0.15) is 0 Å². The Morgan fingerprint density at radius 1 is 1.14 bits per heavy atom. The van der Waals surface area contributed by atoms with Crippen LogP contribution < -0.4 is 4.31 Å². The maximum atomic E-state index is 13.2. The van der Waals surface area contributed by atoms with Crippen LogP contribution in [-0.4, -0.2) is 51.6 Å². The molecule has 2 aromatic carbocycles. The number of rotatable bonds is 4.